The monoisotopic (exact) mass is 297 g/mol. The fourth-order valence-electron chi connectivity index (χ4n) is 2.89. The maximum atomic E-state index is 5.93. The lowest BCUT2D eigenvalue weighted by Gasteiger charge is -2.46. The van der Waals surface area contributed by atoms with E-state index in [9.17, 15) is 0 Å². The van der Waals surface area contributed by atoms with Crippen molar-refractivity contribution in [2.45, 2.75) is 19.0 Å². The molecule has 0 N–H and O–H groups in total. The Hall–Kier alpha value is -1.04. The van der Waals surface area contributed by atoms with Crippen LogP contribution in [0.25, 0.3) is 0 Å². The Bertz CT molecular complexity index is 481. The summed E-state index contributed by atoms with van der Waals surface area (Å²) in [4.78, 5) is 9.11. The van der Waals surface area contributed by atoms with Crippen molar-refractivity contribution in [2.24, 2.45) is 0 Å². The molecule has 1 aromatic rings. The summed E-state index contributed by atoms with van der Waals surface area (Å²) >= 11 is 5.93. The van der Waals surface area contributed by atoms with E-state index in [-0.39, 0.29) is 0 Å². The van der Waals surface area contributed by atoms with Crippen molar-refractivity contribution >= 4 is 17.3 Å². The molecule has 0 amide bonds. The average molecular weight is 298 g/mol. The van der Waals surface area contributed by atoms with Crippen molar-refractivity contribution < 1.29 is 9.47 Å². The van der Waals surface area contributed by atoms with Gasteiger partial charge in [0.1, 0.15) is 10.8 Å². The molecule has 0 spiro atoms. The molecule has 1 atom stereocenters. The Morgan fingerprint density at radius 1 is 1.35 bits per heavy atom. The predicted octanol–water partition coefficient (Wildman–Crippen LogP) is 1.65. The van der Waals surface area contributed by atoms with Gasteiger partial charge in [-0.05, 0) is 19.1 Å². The number of aromatic nitrogens is 1. The molecule has 0 aromatic carbocycles. The van der Waals surface area contributed by atoms with Gasteiger partial charge in [-0.3, -0.25) is 4.90 Å². The standard InChI is InChI=1S/C14H20ClN3O2/c1-10-7-17(11-8-20-9-11)5-6-18(10)12-3-4-13(15)16-14(12)19-2/h3-4,10-11H,5-9H2,1-2H3. The molecule has 0 bridgehead atoms. The Morgan fingerprint density at radius 3 is 2.75 bits per heavy atom. The number of rotatable bonds is 3. The molecule has 2 saturated heterocycles. The maximum Gasteiger partial charge on any atom is 0.238 e. The van der Waals surface area contributed by atoms with Crippen molar-refractivity contribution in [1.29, 1.82) is 0 Å². The van der Waals surface area contributed by atoms with E-state index >= 15 is 0 Å². The first-order valence-corrected chi connectivity index (χ1v) is 7.36. The number of piperazine rings is 1. The van der Waals surface area contributed by atoms with Crippen molar-refractivity contribution in [3.8, 4) is 5.88 Å². The van der Waals surface area contributed by atoms with Gasteiger partial charge in [-0.1, -0.05) is 11.6 Å². The molecule has 3 heterocycles. The normalized spacial score (nSPS) is 24.6. The molecule has 0 radical (unpaired) electrons. The number of halogens is 1. The number of pyridine rings is 1. The zero-order chi connectivity index (χ0) is 14.1. The van der Waals surface area contributed by atoms with E-state index in [2.05, 4.69) is 21.7 Å². The molecule has 1 aromatic heterocycles. The minimum atomic E-state index is 0.418. The van der Waals surface area contributed by atoms with Gasteiger partial charge >= 0.3 is 0 Å². The molecule has 0 saturated carbocycles. The quantitative estimate of drug-likeness (QED) is 0.793. The van der Waals surface area contributed by atoms with E-state index in [4.69, 9.17) is 21.1 Å². The van der Waals surface area contributed by atoms with Crippen molar-refractivity contribution in [2.75, 3.05) is 44.9 Å². The van der Waals surface area contributed by atoms with E-state index in [1.165, 1.54) is 0 Å². The summed E-state index contributed by atoms with van der Waals surface area (Å²) in [5.74, 6) is 0.602. The van der Waals surface area contributed by atoms with Gasteiger partial charge in [-0.25, -0.2) is 0 Å². The van der Waals surface area contributed by atoms with Gasteiger partial charge < -0.3 is 14.4 Å². The van der Waals surface area contributed by atoms with Gasteiger partial charge in [0.05, 0.1) is 26.4 Å². The highest BCUT2D eigenvalue weighted by atomic mass is 35.5. The molecule has 5 nitrogen and oxygen atoms in total. The van der Waals surface area contributed by atoms with Gasteiger partial charge in [0.25, 0.3) is 0 Å². The molecular weight excluding hydrogens is 278 g/mol. The Morgan fingerprint density at radius 2 is 2.15 bits per heavy atom. The number of hydrogen-bond donors (Lipinski definition) is 0. The Kier molecular flexibility index (Phi) is 4.01. The van der Waals surface area contributed by atoms with Crippen LogP contribution in [0.15, 0.2) is 12.1 Å². The third kappa shape index (κ3) is 2.57. The SMILES string of the molecule is COc1nc(Cl)ccc1N1CCN(C2COC2)CC1C. The van der Waals surface area contributed by atoms with Crippen LogP contribution in [0.1, 0.15) is 6.92 Å². The highest BCUT2D eigenvalue weighted by molar-refractivity contribution is 6.29. The van der Waals surface area contributed by atoms with Crippen LogP contribution in [-0.4, -0.2) is 61.9 Å². The van der Waals surface area contributed by atoms with Gasteiger partial charge in [-0.15, -0.1) is 0 Å². The molecule has 2 fully saturated rings. The number of hydrogen-bond acceptors (Lipinski definition) is 5. The summed E-state index contributed by atoms with van der Waals surface area (Å²) < 4.78 is 10.6. The van der Waals surface area contributed by atoms with Crippen LogP contribution in [-0.2, 0) is 4.74 Å². The average Bonchev–Trinajstić information content (AvgIpc) is 2.37. The van der Waals surface area contributed by atoms with Crippen LogP contribution >= 0.6 is 11.6 Å². The number of nitrogens with zero attached hydrogens (tertiary/aromatic N) is 3. The lowest BCUT2D eigenvalue weighted by molar-refractivity contribution is -0.0691. The molecule has 20 heavy (non-hydrogen) atoms. The lowest BCUT2D eigenvalue weighted by atomic mass is 10.1. The summed E-state index contributed by atoms with van der Waals surface area (Å²) in [5, 5.41) is 0.462. The first kappa shape index (κ1) is 13.9. The summed E-state index contributed by atoms with van der Waals surface area (Å²) in [6.07, 6.45) is 0. The van der Waals surface area contributed by atoms with Crippen molar-refractivity contribution in [1.82, 2.24) is 9.88 Å². The van der Waals surface area contributed by atoms with Gasteiger partial charge in [-0.2, -0.15) is 4.98 Å². The topological polar surface area (TPSA) is 37.8 Å². The first-order valence-electron chi connectivity index (χ1n) is 6.98. The van der Waals surface area contributed by atoms with Crippen LogP contribution in [0.4, 0.5) is 5.69 Å². The minimum Gasteiger partial charge on any atom is -0.479 e. The van der Waals surface area contributed by atoms with Crippen LogP contribution in [0, 0.1) is 0 Å². The summed E-state index contributed by atoms with van der Waals surface area (Å²) in [7, 11) is 1.63. The first-order chi connectivity index (χ1) is 9.69. The zero-order valence-electron chi connectivity index (χ0n) is 11.9. The smallest absolute Gasteiger partial charge is 0.238 e. The highest BCUT2D eigenvalue weighted by Gasteiger charge is 2.33. The summed E-state index contributed by atoms with van der Waals surface area (Å²) in [6, 6.07) is 4.83. The van der Waals surface area contributed by atoms with Crippen LogP contribution < -0.4 is 9.64 Å². The number of methoxy groups -OCH3 is 1. The van der Waals surface area contributed by atoms with Gasteiger partial charge in [0.15, 0.2) is 0 Å². The highest BCUT2D eigenvalue weighted by Crippen LogP contribution is 2.31. The van der Waals surface area contributed by atoms with E-state index < -0.39 is 0 Å². The second-order valence-corrected chi connectivity index (χ2v) is 5.78. The van der Waals surface area contributed by atoms with Crippen LogP contribution in [0.5, 0.6) is 5.88 Å². The molecule has 6 heteroatoms. The fourth-order valence-corrected chi connectivity index (χ4v) is 3.03. The van der Waals surface area contributed by atoms with E-state index in [0.717, 1.165) is 38.5 Å². The zero-order valence-corrected chi connectivity index (χ0v) is 12.6. The minimum absolute atomic E-state index is 0.418. The second-order valence-electron chi connectivity index (χ2n) is 5.39. The summed E-state index contributed by atoms with van der Waals surface area (Å²) in [5.41, 5.74) is 1.02. The Balaban J connectivity index is 1.74. The number of anilines is 1. The van der Waals surface area contributed by atoms with E-state index in [1.807, 2.05) is 12.1 Å². The molecule has 2 aliphatic rings. The molecule has 110 valence electrons. The molecule has 1 unspecified atom stereocenters. The number of ether oxygens (including phenoxy) is 2. The fraction of sp³-hybridized carbons (Fsp3) is 0.643. The van der Waals surface area contributed by atoms with Crippen molar-refractivity contribution in [3.63, 3.8) is 0 Å². The Labute approximate surface area is 124 Å². The van der Waals surface area contributed by atoms with E-state index in [0.29, 0.717) is 23.1 Å². The van der Waals surface area contributed by atoms with Crippen LogP contribution in [0.2, 0.25) is 5.15 Å². The van der Waals surface area contributed by atoms with Gasteiger partial charge in [0.2, 0.25) is 5.88 Å². The molecular formula is C14H20ClN3O2. The van der Waals surface area contributed by atoms with Gasteiger partial charge in [0, 0.05) is 25.7 Å². The molecule has 0 aliphatic carbocycles. The van der Waals surface area contributed by atoms with E-state index in [1.54, 1.807) is 7.11 Å². The third-order valence-electron chi connectivity index (χ3n) is 4.10. The molecule has 2 aliphatic heterocycles. The second kappa shape index (κ2) is 5.76. The largest absolute Gasteiger partial charge is 0.479 e. The van der Waals surface area contributed by atoms with Crippen molar-refractivity contribution in [3.05, 3.63) is 17.3 Å². The lowest BCUT2D eigenvalue weighted by Crippen LogP contribution is -2.59. The maximum absolute atomic E-state index is 5.93. The summed E-state index contributed by atoms with van der Waals surface area (Å²) in [6.45, 7) is 7.04. The molecule has 3 rings (SSSR count). The van der Waals surface area contributed by atoms with Crippen LogP contribution in [0.3, 0.4) is 0 Å². The third-order valence-corrected chi connectivity index (χ3v) is 4.32. The predicted molar refractivity (Wildman–Crippen MR) is 78.8 cm³/mol.